The van der Waals surface area contributed by atoms with Gasteiger partial charge in [-0.3, -0.25) is 0 Å². The van der Waals surface area contributed by atoms with Crippen LogP contribution in [-0.4, -0.2) is 5.11 Å². The van der Waals surface area contributed by atoms with Crippen LogP contribution in [0.25, 0.3) is 0 Å². The van der Waals surface area contributed by atoms with E-state index < -0.39 is 46.4 Å². The predicted molar refractivity (Wildman–Crippen MR) is 61.8 cm³/mol. The van der Waals surface area contributed by atoms with Crippen LogP contribution in [0.1, 0.15) is 22.8 Å². The normalized spacial score (nSPS) is 13.3. The summed E-state index contributed by atoms with van der Waals surface area (Å²) in [5.74, 6) is -3.11. The number of halogens is 6. The van der Waals surface area contributed by atoms with Crippen molar-refractivity contribution in [2.45, 2.75) is 12.3 Å². The van der Waals surface area contributed by atoms with E-state index in [-0.39, 0.29) is 0 Å². The molecule has 1 atom stereocenters. The second-order valence-corrected chi connectivity index (χ2v) is 4.30. The summed E-state index contributed by atoms with van der Waals surface area (Å²) >= 11 is 0. The van der Waals surface area contributed by atoms with Gasteiger partial charge in [-0.15, -0.1) is 0 Å². The van der Waals surface area contributed by atoms with Crippen LogP contribution in [0, 0.1) is 17.5 Å². The minimum absolute atomic E-state index is 0.365. The summed E-state index contributed by atoms with van der Waals surface area (Å²) in [6.07, 6.45) is -6.80. The molecule has 0 heterocycles. The lowest BCUT2D eigenvalue weighted by molar-refractivity contribution is -0.137. The van der Waals surface area contributed by atoms with Crippen LogP contribution in [0.2, 0.25) is 0 Å². The summed E-state index contributed by atoms with van der Waals surface area (Å²) in [5.41, 5.74) is -2.63. The molecule has 0 aliphatic heterocycles. The van der Waals surface area contributed by atoms with Crippen molar-refractivity contribution < 1.29 is 31.4 Å². The van der Waals surface area contributed by atoms with Gasteiger partial charge in [-0.2, -0.15) is 13.2 Å². The van der Waals surface area contributed by atoms with Gasteiger partial charge in [0, 0.05) is 11.1 Å². The molecule has 0 saturated heterocycles. The Labute approximate surface area is 115 Å². The summed E-state index contributed by atoms with van der Waals surface area (Å²) in [7, 11) is 0. The van der Waals surface area contributed by atoms with Gasteiger partial charge >= 0.3 is 6.18 Å². The van der Waals surface area contributed by atoms with Crippen LogP contribution < -0.4 is 0 Å². The number of aliphatic hydroxyl groups excluding tert-OH is 1. The average Bonchev–Trinajstić information content (AvgIpc) is 2.40. The zero-order valence-electron chi connectivity index (χ0n) is 10.3. The summed E-state index contributed by atoms with van der Waals surface area (Å²) in [6.45, 7) is 0. The Bertz CT molecular complexity index is 665. The van der Waals surface area contributed by atoms with Crippen LogP contribution >= 0.6 is 0 Å². The first kappa shape index (κ1) is 15.4. The summed E-state index contributed by atoms with van der Waals surface area (Å²) in [4.78, 5) is 0. The first-order chi connectivity index (χ1) is 9.70. The Balaban J connectivity index is 2.52. The third kappa shape index (κ3) is 3.18. The van der Waals surface area contributed by atoms with E-state index in [0.717, 1.165) is 6.07 Å². The van der Waals surface area contributed by atoms with E-state index in [9.17, 15) is 31.4 Å². The molecule has 1 unspecified atom stereocenters. The molecule has 2 rings (SSSR count). The lowest BCUT2D eigenvalue weighted by Gasteiger charge is -2.15. The first-order valence-electron chi connectivity index (χ1n) is 5.70. The van der Waals surface area contributed by atoms with Gasteiger partial charge in [0.25, 0.3) is 0 Å². The molecule has 0 aromatic heterocycles. The molecule has 0 aliphatic rings. The fourth-order valence-electron chi connectivity index (χ4n) is 1.82. The van der Waals surface area contributed by atoms with Gasteiger partial charge in [-0.1, -0.05) is 0 Å². The van der Waals surface area contributed by atoms with Crippen molar-refractivity contribution in [3.8, 4) is 0 Å². The molecule has 112 valence electrons. The van der Waals surface area contributed by atoms with Gasteiger partial charge in [0.05, 0.1) is 5.56 Å². The molecule has 21 heavy (non-hydrogen) atoms. The van der Waals surface area contributed by atoms with Gasteiger partial charge < -0.3 is 5.11 Å². The molecule has 0 spiro atoms. The Morgan fingerprint density at radius 3 is 1.90 bits per heavy atom. The largest absolute Gasteiger partial charge is 0.416 e. The molecule has 0 fully saturated rings. The van der Waals surface area contributed by atoms with Crippen LogP contribution in [0.4, 0.5) is 26.3 Å². The molecular formula is C14H8F6O. The molecule has 2 aromatic carbocycles. The van der Waals surface area contributed by atoms with Crippen LogP contribution in [0.5, 0.6) is 0 Å². The van der Waals surface area contributed by atoms with Gasteiger partial charge in [-0.25, -0.2) is 13.2 Å². The van der Waals surface area contributed by atoms with Gasteiger partial charge in [0.1, 0.15) is 23.6 Å². The summed E-state index contributed by atoms with van der Waals surface area (Å²) in [6, 6.07) is 3.43. The molecule has 0 saturated carbocycles. The Morgan fingerprint density at radius 1 is 0.810 bits per heavy atom. The van der Waals surface area contributed by atoms with E-state index in [1.165, 1.54) is 0 Å². The number of alkyl halides is 3. The minimum Gasteiger partial charge on any atom is -0.383 e. The molecule has 0 aliphatic carbocycles. The van der Waals surface area contributed by atoms with Gasteiger partial charge in [-0.05, 0) is 36.4 Å². The van der Waals surface area contributed by atoms with E-state index in [1.807, 2.05) is 0 Å². The monoisotopic (exact) mass is 306 g/mol. The maximum atomic E-state index is 13.6. The number of benzene rings is 2. The molecule has 0 radical (unpaired) electrons. The molecule has 1 N–H and O–H groups in total. The van der Waals surface area contributed by atoms with Crippen molar-refractivity contribution in [3.05, 3.63) is 70.5 Å². The highest BCUT2D eigenvalue weighted by atomic mass is 19.4. The van der Waals surface area contributed by atoms with Crippen LogP contribution in [0.15, 0.2) is 36.4 Å². The fourth-order valence-corrected chi connectivity index (χ4v) is 1.82. The number of hydrogen-bond acceptors (Lipinski definition) is 1. The quantitative estimate of drug-likeness (QED) is 0.824. The third-order valence-electron chi connectivity index (χ3n) is 2.87. The van der Waals surface area contributed by atoms with E-state index in [2.05, 4.69) is 0 Å². The van der Waals surface area contributed by atoms with Crippen molar-refractivity contribution >= 4 is 0 Å². The highest BCUT2D eigenvalue weighted by Crippen LogP contribution is 2.34. The lowest BCUT2D eigenvalue weighted by Crippen LogP contribution is -2.10. The zero-order chi connectivity index (χ0) is 15.8. The second-order valence-electron chi connectivity index (χ2n) is 4.30. The highest BCUT2D eigenvalue weighted by molar-refractivity contribution is 5.35. The number of rotatable bonds is 2. The Hall–Kier alpha value is -2.02. The third-order valence-corrected chi connectivity index (χ3v) is 2.87. The lowest BCUT2D eigenvalue weighted by atomic mass is 9.98. The molecule has 0 amide bonds. The maximum absolute atomic E-state index is 13.6. The van der Waals surface area contributed by atoms with Crippen molar-refractivity contribution in [3.63, 3.8) is 0 Å². The standard InChI is InChI=1S/C14H8F6O/c15-8-2-4-12(17)10(6-8)13(21)9-5-7(14(18,19)20)1-3-11(9)16/h1-6,13,21H. The predicted octanol–water partition coefficient (Wildman–Crippen LogP) is 4.20. The average molecular weight is 306 g/mol. The summed E-state index contributed by atoms with van der Waals surface area (Å²) < 4.78 is 77.8. The molecule has 7 heteroatoms. The SMILES string of the molecule is OC(c1cc(F)ccc1F)c1cc(C(F)(F)F)ccc1F. The van der Waals surface area contributed by atoms with Crippen molar-refractivity contribution in [1.29, 1.82) is 0 Å². The maximum Gasteiger partial charge on any atom is 0.416 e. The molecule has 1 nitrogen and oxygen atoms in total. The number of hydrogen-bond donors (Lipinski definition) is 1. The van der Waals surface area contributed by atoms with Gasteiger partial charge in [0.15, 0.2) is 0 Å². The minimum atomic E-state index is -4.75. The highest BCUT2D eigenvalue weighted by Gasteiger charge is 2.32. The van der Waals surface area contributed by atoms with Crippen molar-refractivity contribution in [1.82, 2.24) is 0 Å². The van der Waals surface area contributed by atoms with Crippen molar-refractivity contribution in [2.75, 3.05) is 0 Å². The molecule has 2 aromatic rings. The Morgan fingerprint density at radius 2 is 1.33 bits per heavy atom. The van der Waals surface area contributed by atoms with E-state index in [4.69, 9.17) is 0 Å². The second kappa shape index (κ2) is 5.40. The van der Waals surface area contributed by atoms with E-state index >= 15 is 0 Å². The summed E-state index contributed by atoms with van der Waals surface area (Å²) in [5, 5.41) is 9.85. The smallest absolute Gasteiger partial charge is 0.383 e. The fraction of sp³-hybridized carbons (Fsp3) is 0.143. The van der Waals surface area contributed by atoms with Gasteiger partial charge in [0.2, 0.25) is 0 Å². The number of aliphatic hydroxyl groups is 1. The topological polar surface area (TPSA) is 20.2 Å². The zero-order valence-corrected chi connectivity index (χ0v) is 10.3. The van der Waals surface area contributed by atoms with E-state index in [0.29, 0.717) is 30.3 Å². The molecular weight excluding hydrogens is 298 g/mol. The van der Waals surface area contributed by atoms with Crippen LogP contribution in [0.3, 0.4) is 0 Å². The first-order valence-corrected chi connectivity index (χ1v) is 5.70. The molecule has 0 bridgehead atoms. The van der Waals surface area contributed by atoms with Crippen molar-refractivity contribution in [2.24, 2.45) is 0 Å². The Kier molecular flexibility index (Phi) is 3.95. The van der Waals surface area contributed by atoms with E-state index in [1.54, 1.807) is 0 Å². The van der Waals surface area contributed by atoms with Crippen LogP contribution in [-0.2, 0) is 6.18 Å².